The molecule has 1 heterocycles. The maximum Gasteiger partial charge on any atom is 0.0580 e. The van der Waals surface area contributed by atoms with E-state index in [4.69, 9.17) is 0 Å². The first kappa shape index (κ1) is 13.5. The van der Waals surface area contributed by atoms with Crippen molar-refractivity contribution in [2.24, 2.45) is 5.92 Å². The molecule has 2 rings (SSSR count). The molecule has 0 amide bonds. The van der Waals surface area contributed by atoms with Gasteiger partial charge in [-0.25, -0.2) is 0 Å². The summed E-state index contributed by atoms with van der Waals surface area (Å²) >= 11 is 0. The van der Waals surface area contributed by atoms with Crippen molar-refractivity contribution in [1.82, 2.24) is 9.88 Å². The third-order valence-corrected chi connectivity index (χ3v) is 3.87. The van der Waals surface area contributed by atoms with Crippen molar-refractivity contribution >= 4 is 0 Å². The highest BCUT2D eigenvalue weighted by Gasteiger charge is 2.22. The van der Waals surface area contributed by atoms with Crippen LogP contribution in [0.1, 0.15) is 37.7 Å². The second kappa shape index (κ2) is 6.86. The quantitative estimate of drug-likeness (QED) is 0.832. The van der Waals surface area contributed by atoms with Crippen LogP contribution in [-0.4, -0.2) is 34.7 Å². The molecular weight excluding hydrogens is 224 g/mol. The Hall–Kier alpha value is -0.930. The van der Waals surface area contributed by atoms with Gasteiger partial charge in [-0.3, -0.25) is 4.98 Å². The van der Waals surface area contributed by atoms with Crippen molar-refractivity contribution < 1.29 is 5.11 Å². The number of hydrogen-bond donors (Lipinski definition) is 1. The third kappa shape index (κ3) is 4.07. The first-order valence-electron chi connectivity index (χ1n) is 7.01. The van der Waals surface area contributed by atoms with Gasteiger partial charge in [0.1, 0.15) is 0 Å². The SMILES string of the molecule is CN(Cc1ccncc1)CC1CCCCCC1O. The van der Waals surface area contributed by atoms with Crippen LogP contribution in [-0.2, 0) is 6.54 Å². The van der Waals surface area contributed by atoms with Gasteiger partial charge in [-0.15, -0.1) is 0 Å². The fourth-order valence-electron chi connectivity index (χ4n) is 2.84. The molecular formula is C15H24N2O. The van der Waals surface area contributed by atoms with Crippen molar-refractivity contribution in [1.29, 1.82) is 0 Å². The van der Waals surface area contributed by atoms with Gasteiger partial charge in [-0.2, -0.15) is 0 Å². The minimum Gasteiger partial charge on any atom is -0.393 e. The van der Waals surface area contributed by atoms with E-state index < -0.39 is 0 Å². The molecule has 1 aromatic rings. The molecule has 1 fully saturated rings. The lowest BCUT2D eigenvalue weighted by atomic mass is 9.96. The Balaban J connectivity index is 1.84. The summed E-state index contributed by atoms with van der Waals surface area (Å²) in [5, 5.41) is 10.1. The van der Waals surface area contributed by atoms with Gasteiger partial charge in [0, 0.05) is 25.5 Å². The van der Waals surface area contributed by atoms with Crippen LogP contribution >= 0.6 is 0 Å². The van der Waals surface area contributed by atoms with Crippen LogP contribution in [0.5, 0.6) is 0 Å². The molecule has 0 aliphatic heterocycles. The number of nitrogens with zero attached hydrogens (tertiary/aromatic N) is 2. The van der Waals surface area contributed by atoms with Crippen LogP contribution in [0.25, 0.3) is 0 Å². The molecule has 1 aliphatic rings. The Labute approximate surface area is 110 Å². The summed E-state index contributed by atoms with van der Waals surface area (Å²) in [4.78, 5) is 6.35. The van der Waals surface area contributed by atoms with Crippen molar-refractivity contribution in [3.8, 4) is 0 Å². The van der Waals surface area contributed by atoms with Gasteiger partial charge in [0.05, 0.1) is 6.10 Å². The van der Waals surface area contributed by atoms with Crippen LogP contribution < -0.4 is 0 Å². The highest BCUT2D eigenvalue weighted by Crippen LogP contribution is 2.24. The van der Waals surface area contributed by atoms with Gasteiger partial charge in [0.15, 0.2) is 0 Å². The van der Waals surface area contributed by atoms with Crippen molar-refractivity contribution in [2.45, 2.75) is 44.8 Å². The summed E-state index contributed by atoms with van der Waals surface area (Å²) in [6, 6.07) is 4.11. The van der Waals surface area contributed by atoms with Crippen molar-refractivity contribution in [3.63, 3.8) is 0 Å². The zero-order valence-electron chi connectivity index (χ0n) is 11.3. The molecule has 3 nitrogen and oxygen atoms in total. The highest BCUT2D eigenvalue weighted by molar-refractivity contribution is 5.09. The Bertz CT molecular complexity index is 342. The van der Waals surface area contributed by atoms with Crippen LogP contribution in [0.2, 0.25) is 0 Å². The Morgan fingerprint density at radius 1 is 1.22 bits per heavy atom. The van der Waals surface area contributed by atoms with Crippen molar-refractivity contribution in [2.75, 3.05) is 13.6 Å². The molecule has 18 heavy (non-hydrogen) atoms. The summed E-state index contributed by atoms with van der Waals surface area (Å²) in [5.74, 6) is 0.444. The van der Waals surface area contributed by atoms with E-state index in [1.54, 1.807) is 0 Å². The van der Waals surface area contributed by atoms with Gasteiger partial charge in [0.2, 0.25) is 0 Å². The Kier molecular flexibility index (Phi) is 5.14. The van der Waals surface area contributed by atoms with E-state index in [0.29, 0.717) is 5.92 Å². The summed E-state index contributed by atoms with van der Waals surface area (Å²) in [5.41, 5.74) is 1.29. The number of aliphatic hydroxyl groups excluding tert-OH is 1. The number of pyridine rings is 1. The average molecular weight is 248 g/mol. The van der Waals surface area contributed by atoms with Gasteiger partial charge in [-0.1, -0.05) is 19.3 Å². The first-order valence-corrected chi connectivity index (χ1v) is 7.01. The molecule has 0 bridgehead atoms. The second-order valence-corrected chi connectivity index (χ2v) is 5.52. The molecule has 1 aromatic heterocycles. The smallest absolute Gasteiger partial charge is 0.0580 e. The lowest BCUT2D eigenvalue weighted by molar-refractivity contribution is 0.0780. The zero-order chi connectivity index (χ0) is 12.8. The van der Waals surface area contributed by atoms with Crippen LogP contribution in [0.3, 0.4) is 0 Å². The molecule has 2 atom stereocenters. The van der Waals surface area contributed by atoms with Crippen molar-refractivity contribution in [3.05, 3.63) is 30.1 Å². The minimum atomic E-state index is -0.104. The molecule has 1 aliphatic carbocycles. The molecule has 1 N–H and O–H groups in total. The van der Waals surface area contributed by atoms with E-state index in [9.17, 15) is 5.11 Å². The predicted molar refractivity (Wildman–Crippen MR) is 73.2 cm³/mol. The molecule has 3 heteroatoms. The monoisotopic (exact) mass is 248 g/mol. The number of aliphatic hydroxyl groups is 1. The van der Waals surface area contributed by atoms with E-state index in [2.05, 4.69) is 29.1 Å². The lowest BCUT2D eigenvalue weighted by Gasteiger charge is -2.26. The predicted octanol–water partition coefficient (Wildman–Crippen LogP) is 2.45. The van der Waals surface area contributed by atoms with Gasteiger partial charge in [0.25, 0.3) is 0 Å². The molecule has 0 radical (unpaired) electrons. The fraction of sp³-hybridized carbons (Fsp3) is 0.667. The topological polar surface area (TPSA) is 36.4 Å². The molecule has 0 spiro atoms. The number of aromatic nitrogens is 1. The average Bonchev–Trinajstić information content (AvgIpc) is 2.56. The molecule has 0 saturated heterocycles. The number of hydrogen-bond acceptors (Lipinski definition) is 3. The van der Waals surface area contributed by atoms with Gasteiger partial charge < -0.3 is 10.0 Å². The molecule has 0 aromatic carbocycles. The largest absolute Gasteiger partial charge is 0.393 e. The lowest BCUT2D eigenvalue weighted by Crippen LogP contribution is -2.32. The maximum atomic E-state index is 10.1. The highest BCUT2D eigenvalue weighted by atomic mass is 16.3. The van der Waals surface area contributed by atoms with E-state index in [0.717, 1.165) is 19.5 Å². The van der Waals surface area contributed by atoms with Crippen LogP contribution in [0.15, 0.2) is 24.5 Å². The maximum absolute atomic E-state index is 10.1. The summed E-state index contributed by atoms with van der Waals surface area (Å²) < 4.78 is 0. The standard InChI is InChI=1S/C15H24N2O/c1-17(11-13-7-9-16-10-8-13)12-14-5-3-2-4-6-15(14)18/h7-10,14-15,18H,2-6,11-12H2,1H3. The fourth-order valence-corrected chi connectivity index (χ4v) is 2.84. The molecule has 2 unspecified atom stereocenters. The summed E-state index contributed by atoms with van der Waals surface area (Å²) in [6.07, 6.45) is 9.45. The minimum absolute atomic E-state index is 0.104. The second-order valence-electron chi connectivity index (χ2n) is 5.52. The van der Waals surface area contributed by atoms with E-state index in [1.807, 2.05) is 12.4 Å². The third-order valence-electron chi connectivity index (χ3n) is 3.87. The van der Waals surface area contributed by atoms with E-state index in [-0.39, 0.29) is 6.10 Å². The van der Waals surface area contributed by atoms with Crippen LogP contribution in [0.4, 0.5) is 0 Å². The summed E-state index contributed by atoms with van der Waals surface area (Å²) in [7, 11) is 2.14. The Morgan fingerprint density at radius 2 is 1.94 bits per heavy atom. The Morgan fingerprint density at radius 3 is 2.72 bits per heavy atom. The zero-order valence-corrected chi connectivity index (χ0v) is 11.3. The van der Waals surface area contributed by atoms with E-state index >= 15 is 0 Å². The molecule has 100 valence electrons. The number of rotatable bonds is 4. The van der Waals surface area contributed by atoms with Gasteiger partial charge in [-0.05, 0) is 43.5 Å². The molecule has 1 saturated carbocycles. The first-order chi connectivity index (χ1) is 8.75. The summed E-state index contributed by atoms with van der Waals surface area (Å²) in [6.45, 7) is 1.93. The van der Waals surface area contributed by atoms with Crippen LogP contribution in [0, 0.1) is 5.92 Å². The van der Waals surface area contributed by atoms with E-state index in [1.165, 1.54) is 31.2 Å². The normalized spacial score (nSPS) is 25.1. The van der Waals surface area contributed by atoms with Gasteiger partial charge >= 0.3 is 0 Å².